The Hall–Kier alpha value is -0.810. The maximum Gasteiger partial charge on any atom is 0.131 e. The molecule has 0 saturated heterocycles. The molecule has 1 aromatic heterocycles. The third-order valence-electron chi connectivity index (χ3n) is 2.02. The molecular weight excluding hydrogens is 210 g/mol. The standard InChI is InChI=1S/C10H17N3OS/c1-3-8-9(11)12-7-13-10(8)15-6-4-5-14-2/h7H,3-6H2,1-2H3,(H2,11,12,13). The quantitative estimate of drug-likeness (QED) is 0.456. The zero-order valence-corrected chi connectivity index (χ0v) is 10.0. The van der Waals surface area contributed by atoms with Gasteiger partial charge in [0, 0.05) is 25.0 Å². The molecule has 4 nitrogen and oxygen atoms in total. The number of ether oxygens (including phenoxy) is 1. The Bertz CT molecular complexity index is 307. The van der Waals surface area contributed by atoms with Crippen LogP contribution < -0.4 is 5.73 Å². The van der Waals surface area contributed by atoms with Crippen molar-refractivity contribution in [2.45, 2.75) is 24.8 Å². The summed E-state index contributed by atoms with van der Waals surface area (Å²) >= 11 is 1.71. The molecule has 0 spiro atoms. The highest BCUT2D eigenvalue weighted by Gasteiger charge is 2.06. The molecule has 0 unspecified atom stereocenters. The zero-order chi connectivity index (χ0) is 11.1. The van der Waals surface area contributed by atoms with Gasteiger partial charge in [-0.1, -0.05) is 6.92 Å². The molecule has 5 heteroatoms. The van der Waals surface area contributed by atoms with E-state index in [-0.39, 0.29) is 0 Å². The number of anilines is 1. The van der Waals surface area contributed by atoms with Crippen molar-refractivity contribution in [1.82, 2.24) is 9.97 Å². The summed E-state index contributed by atoms with van der Waals surface area (Å²) < 4.78 is 4.99. The molecular formula is C10H17N3OS. The summed E-state index contributed by atoms with van der Waals surface area (Å²) in [6.45, 7) is 2.85. The Labute approximate surface area is 94.6 Å². The van der Waals surface area contributed by atoms with Crippen LogP contribution in [-0.4, -0.2) is 29.4 Å². The van der Waals surface area contributed by atoms with Crippen molar-refractivity contribution < 1.29 is 4.74 Å². The number of hydrogen-bond donors (Lipinski definition) is 1. The van der Waals surface area contributed by atoms with E-state index in [9.17, 15) is 0 Å². The number of aromatic nitrogens is 2. The molecule has 0 saturated carbocycles. The van der Waals surface area contributed by atoms with E-state index in [4.69, 9.17) is 10.5 Å². The second kappa shape index (κ2) is 6.63. The second-order valence-corrected chi connectivity index (χ2v) is 4.17. The van der Waals surface area contributed by atoms with Gasteiger partial charge in [-0.25, -0.2) is 9.97 Å². The molecule has 0 radical (unpaired) electrons. The van der Waals surface area contributed by atoms with Crippen LogP contribution in [0.5, 0.6) is 0 Å². The maximum absolute atomic E-state index is 5.77. The van der Waals surface area contributed by atoms with Crippen LogP contribution in [-0.2, 0) is 11.2 Å². The molecule has 84 valence electrons. The average Bonchev–Trinajstić information content (AvgIpc) is 2.24. The lowest BCUT2D eigenvalue weighted by Crippen LogP contribution is -2.01. The van der Waals surface area contributed by atoms with Gasteiger partial charge in [0.1, 0.15) is 17.2 Å². The van der Waals surface area contributed by atoms with Crippen molar-refractivity contribution in [3.05, 3.63) is 11.9 Å². The number of thioether (sulfide) groups is 1. The molecule has 0 aliphatic carbocycles. The number of nitrogens with two attached hydrogens (primary N) is 1. The fraction of sp³-hybridized carbons (Fsp3) is 0.600. The summed E-state index contributed by atoms with van der Waals surface area (Å²) in [7, 11) is 1.71. The third kappa shape index (κ3) is 3.68. The molecule has 0 fully saturated rings. The third-order valence-corrected chi connectivity index (χ3v) is 3.14. The van der Waals surface area contributed by atoms with Crippen LogP contribution in [0.25, 0.3) is 0 Å². The first kappa shape index (κ1) is 12.3. The topological polar surface area (TPSA) is 61.0 Å². The number of rotatable bonds is 6. The van der Waals surface area contributed by atoms with Gasteiger partial charge < -0.3 is 10.5 Å². The van der Waals surface area contributed by atoms with Crippen molar-refractivity contribution in [3.63, 3.8) is 0 Å². The lowest BCUT2D eigenvalue weighted by atomic mass is 10.2. The summed E-state index contributed by atoms with van der Waals surface area (Å²) in [5, 5.41) is 1.00. The predicted octanol–water partition coefficient (Wildman–Crippen LogP) is 1.75. The molecule has 2 N–H and O–H groups in total. The van der Waals surface area contributed by atoms with E-state index >= 15 is 0 Å². The summed E-state index contributed by atoms with van der Waals surface area (Å²) in [4.78, 5) is 8.22. The highest BCUT2D eigenvalue weighted by molar-refractivity contribution is 7.99. The van der Waals surface area contributed by atoms with Gasteiger partial charge in [0.15, 0.2) is 0 Å². The molecule has 1 aromatic rings. The monoisotopic (exact) mass is 227 g/mol. The molecule has 0 amide bonds. The van der Waals surface area contributed by atoms with Gasteiger partial charge in [-0.3, -0.25) is 0 Å². The van der Waals surface area contributed by atoms with E-state index in [1.807, 2.05) is 0 Å². The summed E-state index contributed by atoms with van der Waals surface area (Å²) in [5.41, 5.74) is 6.83. The van der Waals surface area contributed by atoms with E-state index in [0.717, 1.165) is 35.8 Å². The van der Waals surface area contributed by atoms with Crippen LogP contribution in [0, 0.1) is 0 Å². The van der Waals surface area contributed by atoms with Crippen LogP contribution in [0.15, 0.2) is 11.4 Å². The zero-order valence-electron chi connectivity index (χ0n) is 9.19. The van der Waals surface area contributed by atoms with E-state index in [0.29, 0.717) is 5.82 Å². The van der Waals surface area contributed by atoms with Crippen LogP contribution in [0.2, 0.25) is 0 Å². The van der Waals surface area contributed by atoms with E-state index < -0.39 is 0 Å². The molecule has 1 rings (SSSR count). The Balaban J connectivity index is 2.56. The fourth-order valence-electron chi connectivity index (χ4n) is 1.24. The van der Waals surface area contributed by atoms with Crippen molar-refractivity contribution in [2.24, 2.45) is 0 Å². The first-order valence-corrected chi connectivity index (χ1v) is 5.99. The largest absolute Gasteiger partial charge is 0.385 e. The predicted molar refractivity (Wildman–Crippen MR) is 63.0 cm³/mol. The van der Waals surface area contributed by atoms with E-state index in [2.05, 4.69) is 16.9 Å². The van der Waals surface area contributed by atoms with Gasteiger partial charge in [0.05, 0.1) is 0 Å². The van der Waals surface area contributed by atoms with Gasteiger partial charge in [-0.15, -0.1) is 11.8 Å². The molecule has 15 heavy (non-hydrogen) atoms. The second-order valence-electron chi connectivity index (χ2n) is 3.09. The van der Waals surface area contributed by atoms with Crippen LogP contribution in [0.4, 0.5) is 5.82 Å². The normalized spacial score (nSPS) is 10.5. The maximum atomic E-state index is 5.77. The van der Waals surface area contributed by atoms with Gasteiger partial charge in [-0.2, -0.15) is 0 Å². The minimum atomic E-state index is 0.599. The fourth-order valence-corrected chi connectivity index (χ4v) is 2.24. The van der Waals surface area contributed by atoms with Crippen molar-refractivity contribution in [3.8, 4) is 0 Å². The van der Waals surface area contributed by atoms with Gasteiger partial charge in [-0.05, 0) is 12.8 Å². The molecule has 1 heterocycles. The average molecular weight is 227 g/mol. The summed E-state index contributed by atoms with van der Waals surface area (Å²) in [6.07, 6.45) is 3.42. The summed E-state index contributed by atoms with van der Waals surface area (Å²) in [5.74, 6) is 1.60. The molecule has 0 bridgehead atoms. The van der Waals surface area contributed by atoms with Gasteiger partial charge in [0.25, 0.3) is 0 Å². The Morgan fingerprint density at radius 2 is 2.27 bits per heavy atom. The number of nitrogens with zero attached hydrogens (tertiary/aromatic N) is 2. The molecule has 0 aliphatic rings. The highest BCUT2D eigenvalue weighted by Crippen LogP contribution is 2.23. The Morgan fingerprint density at radius 3 is 2.93 bits per heavy atom. The highest BCUT2D eigenvalue weighted by atomic mass is 32.2. The van der Waals surface area contributed by atoms with Crippen molar-refractivity contribution in [1.29, 1.82) is 0 Å². The van der Waals surface area contributed by atoms with Crippen LogP contribution in [0.1, 0.15) is 18.9 Å². The SMILES string of the molecule is CCc1c(N)ncnc1SCCCOC. The van der Waals surface area contributed by atoms with Crippen molar-refractivity contribution in [2.75, 3.05) is 25.2 Å². The van der Waals surface area contributed by atoms with Crippen molar-refractivity contribution >= 4 is 17.6 Å². The van der Waals surface area contributed by atoms with Crippen LogP contribution >= 0.6 is 11.8 Å². The Kier molecular flexibility index (Phi) is 5.42. The number of methoxy groups -OCH3 is 1. The number of hydrogen-bond acceptors (Lipinski definition) is 5. The molecule has 0 aromatic carbocycles. The first-order valence-electron chi connectivity index (χ1n) is 5.00. The minimum Gasteiger partial charge on any atom is -0.385 e. The number of nitrogen functional groups attached to an aromatic ring is 1. The van der Waals surface area contributed by atoms with Crippen LogP contribution in [0.3, 0.4) is 0 Å². The van der Waals surface area contributed by atoms with Gasteiger partial charge >= 0.3 is 0 Å². The van der Waals surface area contributed by atoms with E-state index in [1.165, 1.54) is 6.33 Å². The lowest BCUT2D eigenvalue weighted by molar-refractivity contribution is 0.200. The smallest absolute Gasteiger partial charge is 0.131 e. The van der Waals surface area contributed by atoms with E-state index in [1.54, 1.807) is 18.9 Å². The lowest BCUT2D eigenvalue weighted by Gasteiger charge is -2.07. The first-order chi connectivity index (χ1) is 7.29. The molecule has 0 aliphatic heterocycles. The Morgan fingerprint density at radius 1 is 1.47 bits per heavy atom. The minimum absolute atomic E-state index is 0.599. The van der Waals surface area contributed by atoms with Gasteiger partial charge in [0.2, 0.25) is 0 Å². The molecule has 0 atom stereocenters. The summed E-state index contributed by atoms with van der Waals surface area (Å²) in [6, 6.07) is 0.